The van der Waals surface area contributed by atoms with E-state index in [1.54, 1.807) is 0 Å². The third-order valence-corrected chi connectivity index (χ3v) is 3.74. The fourth-order valence-corrected chi connectivity index (χ4v) is 2.61. The summed E-state index contributed by atoms with van der Waals surface area (Å²) in [6.07, 6.45) is -4.87. The minimum atomic E-state index is -4.87. The number of carbonyl (C=O) groups excluding carboxylic acids is 1. The van der Waals surface area contributed by atoms with E-state index in [1.807, 2.05) is 0 Å². The number of halogens is 5. The van der Waals surface area contributed by atoms with Gasteiger partial charge in [-0.3, -0.25) is 19.7 Å². The fraction of sp³-hybridized carbons (Fsp3) is 0.200. The van der Waals surface area contributed by atoms with Crippen LogP contribution in [0.3, 0.4) is 0 Å². The molecule has 2 rings (SSSR count). The Kier molecular flexibility index (Phi) is 5.27. The van der Waals surface area contributed by atoms with E-state index in [4.69, 9.17) is 11.6 Å². The van der Waals surface area contributed by atoms with Crippen LogP contribution in [0.25, 0.3) is 11.1 Å². The van der Waals surface area contributed by atoms with Gasteiger partial charge in [-0.05, 0) is 12.1 Å². The lowest BCUT2D eigenvalue weighted by molar-refractivity contribution is -0.385. The number of pyridine rings is 1. The van der Waals surface area contributed by atoms with Gasteiger partial charge in [0.2, 0.25) is 5.75 Å². The van der Waals surface area contributed by atoms with Gasteiger partial charge in [0, 0.05) is 20.0 Å². The quantitative estimate of drug-likeness (QED) is 0.254. The van der Waals surface area contributed by atoms with Crippen molar-refractivity contribution in [3.05, 3.63) is 55.2 Å². The normalized spacial score (nSPS) is 11.4. The Morgan fingerprint density at radius 3 is 2.41 bits per heavy atom. The number of benzene rings is 1. The molecule has 0 amide bonds. The molecule has 1 aromatic carbocycles. The molecule has 0 saturated heterocycles. The van der Waals surface area contributed by atoms with Crippen molar-refractivity contribution >= 4 is 23.3 Å². The molecule has 0 bridgehead atoms. The maximum absolute atomic E-state index is 14.5. The molecule has 0 aliphatic rings. The Morgan fingerprint density at radius 1 is 1.33 bits per heavy atom. The summed E-state index contributed by atoms with van der Waals surface area (Å²) >= 11 is 5.62. The SMILES string of the molecule is CC(=O)Oc1c(-c2ccc(C(F)(F)F)n(C)c2=O)c(F)cc(Cl)c1[N+](=O)[O-]. The van der Waals surface area contributed by atoms with E-state index in [0.717, 1.165) is 14.0 Å². The van der Waals surface area contributed by atoms with Crippen LogP contribution in [0.2, 0.25) is 5.02 Å². The summed E-state index contributed by atoms with van der Waals surface area (Å²) in [7, 11) is 0.794. The maximum atomic E-state index is 14.5. The second-order valence-electron chi connectivity index (χ2n) is 5.24. The van der Waals surface area contributed by atoms with E-state index < -0.39 is 61.7 Å². The summed E-state index contributed by atoms with van der Waals surface area (Å²) in [4.78, 5) is 33.8. The van der Waals surface area contributed by atoms with Crippen molar-refractivity contribution in [3.8, 4) is 16.9 Å². The number of nitro groups is 1. The van der Waals surface area contributed by atoms with Crippen LogP contribution in [0.4, 0.5) is 23.2 Å². The second kappa shape index (κ2) is 6.99. The van der Waals surface area contributed by atoms with Gasteiger partial charge in [0.25, 0.3) is 5.56 Å². The first-order valence-corrected chi connectivity index (χ1v) is 7.36. The molecule has 27 heavy (non-hydrogen) atoms. The summed E-state index contributed by atoms with van der Waals surface area (Å²) in [6, 6.07) is 1.63. The molecule has 1 aromatic heterocycles. The van der Waals surface area contributed by atoms with Gasteiger partial charge in [-0.2, -0.15) is 13.2 Å². The number of ether oxygens (including phenoxy) is 1. The molecule has 0 aliphatic heterocycles. The topological polar surface area (TPSA) is 91.4 Å². The highest BCUT2D eigenvalue weighted by molar-refractivity contribution is 6.33. The summed E-state index contributed by atoms with van der Waals surface area (Å²) in [5.41, 5.74) is -5.18. The number of nitrogens with zero attached hydrogens (tertiary/aromatic N) is 2. The Bertz CT molecular complexity index is 1020. The zero-order valence-corrected chi connectivity index (χ0v) is 14.3. The molecule has 2 aromatic rings. The number of carbonyl (C=O) groups is 1. The molecule has 0 N–H and O–H groups in total. The number of alkyl halides is 3. The maximum Gasteiger partial charge on any atom is 0.431 e. The zero-order chi connectivity index (χ0) is 20.7. The third-order valence-electron chi connectivity index (χ3n) is 3.45. The van der Waals surface area contributed by atoms with Crippen LogP contribution in [-0.4, -0.2) is 15.5 Å². The van der Waals surface area contributed by atoms with E-state index in [1.165, 1.54) is 0 Å². The average molecular weight is 409 g/mol. The summed E-state index contributed by atoms with van der Waals surface area (Å²) in [5, 5.41) is 10.5. The van der Waals surface area contributed by atoms with E-state index in [9.17, 15) is 37.3 Å². The zero-order valence-electron chi connectivity index (χ0n) is 13.6. The van der Waals surface area contributed by atoms with Crippen molar-refractivity contribution < 1.29 is 32.0 Å². The third kappa shape index (κ3) is 3.77. The predicted molar refractivity (Wildman–Crippen MR) is 85.1 cm³/mol. The molecule has 12 heteroatoms. The molecule has 0 aliphatic carbocycles. The highest BCUT2D eigenvalue weighted by atomic mass is 35.5. The number of hydrogen-bond acceptors (Lipinski definition) is 5. The number of hydrogen-bond donors (Lipinski definition) is 0. The number of rotatable bonds is 3. The van der Waals surface area contributed by atoms with Crippen LogP contribution < -0.4 is 10.3 Å². The summed E-state index contributed by atoms with van der Waals surface area (Å²) in [6.45, 7) is 0.858. The van der Waals surface area contributed by atoms with Crippen LogP contribution in [0.1, 0.15) is 12.6 Å². The Morgan fingerprint density at radius 2 is 1.93 bits per heavy atom. The smallest absolute Gasteiger partial charge is 0.418 e. The molecule has 7 nitrogen and oxygen atoms in total. The standard InChI is InChI=1S/C15H9ClF4N2O5/c1-6(23)27-13-11(9(17)5-8(16)12(13)22(25)26)7-3-4-10(15(18,19)20)21(2)14(7)24/h3-5H,1-2H3. The molecule has 144 valence electrons. The predicted octanol–water partition coefficient (Wildman–Crippen LogP) is 3.70. The second-order valence-corrected chi connectivity index (χ2v) is 5.65. The van der Waals surface area contributed by atoms with Crippen molar-refractivity contribution in [1.29, 1.82) is 0 Å². The molecule has 0 unspecified atom stereocenters. The molecule has 0 spiro atoms. The molecule has 0 atom stereocenters. The van der Waals surface area contributed by atoms with Crippen LogP contribution in [-0.2, 0) is 18.0 Å². The molecular formula is C15H9ClF4N2O5. The number of aromatic nitrogens is 1. The van der Waals surface area contributed by atoms with Crippen molar-refractivity contribution in [1.82, 2.24) is 4.57 Å². The van der Waals surface area contributed by atoms with Crippen molar-refractivity contribution in [2.75, 3.05) is 0 Å². The van der Waals surface area contributed by atoms with Gasteiger partial charge in [-0.15, -0.1) is 0 Å². The Hall–Kier alpha value is -2.95. The van der Waals surface area contributed by atoms with E-state index in [0.29, 0.717) is 18.2 Å². The van der Waals surface area contributed by atoms with Gasteiger partial charge in [0.15, 0.2) is 0 Å². The lowest BCUT2D eigenvalue weighted by Crippen LogP contribution is -2.26. The Labute approximate surface area is 152 Å². The molecule has 0 saturated carbocycles. The molecule has 0 radical (unpaired) electrons. The van der Waals surface area contributed by atoms with E-state index in [-0.39, 0.29) is 4.57 Å². The highest BCUT2D eigenvalue weighted by Crippen LogP contribution is 2.44. The number of esters is 1. The van der Waals surface area contributed by atoms with Gasteiger partial charge in [0.1, 0.15) is 16.5 Å². The van der Waals surface area contributed by atoms with Crippen LogP contribution >= 0.6 is 11.6 Å². The Balaban J connectivity index is 2.93. The van der Waals surface area contributed by atoms with Gasteiger partial charge < -0.3 is 9.30 Å². The monoisotopic (exact) mass is 408 g/mol. The van der Waals surface area contributed by atoms with Crippen LogP contribution in [0.5, 0.6) is 5.75 Å². The van der Waals surface area contributed by atoms with Crippen LogP contribution in [0.15, 0.2) is 23.0 Å². The first-order valence-electron chi connectivity index (χ1n) is 6.98. The van der Waals surface area contributed by atoms with Crippen LogP contribution in [0, 0.1) is 15.9 Å². The largest absolute Gasteiger partial charge is 0.431 e. The highest BCUT2D eigenvalue weighted by Gasteiger charge is 2.35. The van der Waals surface area contributed by atoms with Crippen molar-refractivity contribution in [2.45, 2.75) is 13.1 Å². The van der Waals surface area contributed by atoms with E-state index >= 15 is 0 Å². The first kappa shape index (κ1) is 20.4. The molecular weight excluding hydrogens is 400 g/mol. The molecule has 1 heterocycles. The van der Waals surface area contributed by atoms with Crippen molar-refractivity contribution in [3.63, 3.8) is 0 Å². The minimum Gasteiger partial charge on any atom is -0.418 e. The lowest BCUT2D eigenvalue weighted by atomic mass is 10.0. The van der Waals surface area contributed by atoms with Gasteiger partial charge in [-0.25, -0.2) is 4.39 Å². The minimum absolute atomic E-state index is 0.201. The summed E-state index contributed by atoms with van der Waals surface area (Å²) < 4.78 is 58.1. The molecule has 0 fully saturated rings. The van der Waals surface area contributed by atoms with Crippen molar-refractivity contribution in [2.24, 2.45) is 7.05 Å². The van der Waals surface area contributed by atoms with Gasteiger partial charge in [-0.1, -0.05) is 11.6 Å². The number of nitro benzene ring substituents is 1. The average Bonchev–Trinajstić information content (AvgIpc) is 2.48. The van der Waals surface area contributed by atoms with Gasteiger partial charge >= 0.3 is 17.8 Å². The van der Waals surface area contributed by atoms with Gasteiger partial charge in [0.05, 0.1) is 16.1 Å². The fourth-order valence-electron chi connectivity index (χ4n) is 2.36. The van der Waals surface area contributed by atoms with E-state index in [2.05, 4.69) is 4.74 Å². The first-order chi connectivity index (χ1) is 12.4. The summed E-state index contributed by atoms with van der Waals surface area (Å²) in [5.74, 6) is -3.36. The lowest BCUT2D eigenvalue weighted by Gasteiger charge is -2.15.